The van der Waals surface area contributed by atoms with Crippen LogP contribution >= 0.6 is 0 Å². The SMILES string of the molecule is COC(=O)[C@@H]1OB([C@@H](CC(=O)[C@@H](NC(=O)c2cccc(-c3ccccc3)n2)[C@@H](C)O)CC(C)C)OC(=O)[C@@H]1O. The van der Waals surface area contributed by atoms with E-state index < -0.39 is 60.9 Å². The maximum Gasteiger partial charge on any atom is 0.531 e. The highest BCUT2D eigenvalue weighted by Crippen LogP contribution is 2.31. The largest absolute Gasteiger partial charge is 0.531 e. The topological polar surface area (TPSA) is 161 Å². The Morgan fingerprint density at radius 2 is 1.79 bits per heavy atom. The Balaban J connectivity index is 1.77. The molecule has 2 heterocycles. The molecule has 3 N–H and O–H groups in total. The molecule has 0 saturated carbocycles. The molecule has 0 unspecified atom stereocenters. The molecule has 12 heteroatoms. The molecule has 0 spiro atoms. The van der Waals surface area contributed by atoms with Crippen molar-refractivity contribution in [3.8, 4) is 11.3 Å². The summed E-state index contributed by atoms with van der Waals surface area (Å²) in [6.45, 7) is 5.14. The maximum absolute atomic E-state index is 13.4. The van der Waals surface area contributed by atoms with Crippen molar-refractivity contribution in [2.75, 3.05) is 7.11 Å². The lowest BCUT2D eigenvalue weighted by atomic mass is 9.64. The summed E-state index contributed by atoms with van der Waals surface area (Å²) in [6, 6.07) is 12.9. The lowest BCUT2D eigenvalue weighted by Gasteiger charge is -2.33. The van der Waals surface area contributed by atoms with E-state index >= 15 is 0 Å². The molecule has 1 aromatic heterocycles. The van der Waals surface area contributed by atoms with Gasteiger partial charge in [-0.05, 0) is 31.4 Å². The number of nitrogens with zero attached hydrogens (tertiary/aromatic N) is 1. The normalized spacial score (nSPS) is 19.6. The summed E-state index contributed by atoms with van der Waals surface area (Å²) in [5.41, 5.74) is 1.44. The predicted octanol–water partition coefficient (Wildman–Crippen LogP) is 1.57. The number of methoxy groups -OCH3 is 1. The summed E-state index contributed by atoms with van der Waals surface area (Å²) in [5.74, 6) is -3.94. The van der Waals surface area contributed by atoms with Gasteiger partial charge in [-0.2, -0.15) is 0 Å². The van der Waals surface area contributed by atoms with Gasteiger partial charge in [0.15, 0.2) is 18.0 Å². The third-order valence-corrected chi connectivity index (χ3v) is 6.26. The van der Waals surface area contributed by atoms with Gasteiger partial charge in [0, 0.05) is 17.8 Å². The maximum atomic E-state index is 13.4. The molecule has 11 nitrogen and oxygen atoms in total. The fourth-order valence-corrected chi connectivity index (χ4v) is 4.36. The van der Waals surface area contributed by atoms with Crippen LogP contribution in [-0.2, 0) is 28.4 Å². The lowest BCUT2D eigenvalue weighted by molar-refractivity contribution is -0.174. The van der Waals surface area contributed by atoms with E-state index in [-0.39, 0.29) is 18.0 Å². The van der Waals surface area contributed by atoms with Crippen molar-refractivity contribution < 1.29 is 43.4 Å². The minimum Gasteiger partial charge on any atom is -0.507 e. The number of hydrogen-bond acceptors (Lipinski definition) is 10. The Labute approximate surface area is 227 Å². The molecule has 1 fully saturated rings. The number of aromatic nitrogens is 1. The Kier molecular flexibility index (Phi) is 10.3. The van der Waals surface area contributed by atoms with Crippen molar-refractivity contribution in [1.29, 1.82) is 0 Å². The van der Waals surface area contributed by atoms with E-state index in [9.17, 15) is 29.4 Å². The summed E-state index contributed by atoms with van der Waals surface area (Å²) >= 11 is 0. The minimum atomic E-state index is -1.87. The first-order valence-electron chi connectivity index (χ1n) is 12.7. The second kappa shape index (κ2) is 13.5. The van der Waals surface area contributed by atoms with Gasteiger partial charge >= 0.3 is 19.1 Å². The fourth-order valence-electron chi connectivity index (χ4n) is 4.36. The highest BCUT2D eigenvalue weighted by Gasteiger charge is 2.49. The minimum absolute atomic E-state index is 0.0260. The molecule has 3 rings (SSSR count). The molecule has 5 atom stereocenters. The molecule has 0 radical (unpaired) electrons. The molecule has 1 aliphatic rings. The molecule has 1 saturated heterocycles. The summed E-state index contributed by atoms with van der Waals surface area (Å²) in [6.07, 6.45) is -4.64. The highest BCUT2D eigenvalue weighted by molar-refractivity contribution is 6.50. The van der Waals surface area contributed by atoms with Gasteiger partial charge in [0.2, 0.25) is 0 Å². The number of ether oxygens (including phenoxy) is 1. The van der Waals surface area contributed by atoms with E-state index in [4.69, 9.17) is 9.31 Å². The highest BCUT2D eigenvalue weighted by atomic mass is 16.7. The molecule has 0 bridgehead atoms. The lowest BCUT2D eigenvalue weighted by Crippen LogP contribution is -2.55. The van der Waals surface area contributed by atoms with Gasteiger partial charge in [-0.3, -0.25) is 14.4 Å². The monoisotopic (exact) mass is 540 g/mol. The van der Waals surface area contributed by atoms with Crippen LogP contribution < -0.4 is 5.32 Å². The number of Topliss-reactive ketones (excluding diaryl/α,β-unsaturated/α-hetero) is 1. The van der Waals surface area contributed by atoms with Crippen molar-refractivity contribution in [2.24, 2.45) is 5.92 Å². The Morgan fingerprint density at radius 3 is 2.41 bits per heavy atom. The number of nitrogens with one attached hydrogen (secondary N) is 1. The third kappa shape index (κ3) is 7.72. The van der Waals surface area contributed by atoms with Crippen LogP contribution in [0.25, 0.3) is 11.3 Å². The molecule has 208 valence electrons. The van der Waals surface area contributed by atoms with Gasteiger partial charge in [0.05, 0.1) is 18.9 Å². The predicted molar refractivity (Wildman–Crippen MR) is 140 cm³/mol. The quantitative estimate of drug-likeness (QED) is 0.282. The van der Waals surface area contributed by atoms with E-state index in [0.717, 1.165) is 12.7 Å². The van der Waals surface area contributed by atoms with Crippen molar-refractivity contribution >= 4 is 30.7 Å². The number of hydrogen-bond donors (Lipinski definition) is 3. The zero-order valence-electron chi connectivity index (χ0n) is 22.3. The average molecular weight is 540 g/mol. The molecule has 0 aliphatic carbocycles. The molecule has 39 heavy (non-hydrogen) atoms. The fraction of sp³-hybridized carbons (Fsp3) is 0.444. The molecular weight excluding hydrogens is 507 g/mol. The Bertz CT molecular complexity index is 1170. The molecular formula is C27H33BN2O9. The van der Waals surface area contributed by atoms with Gasteiger partial charge in [0.25, 0.3) is 5.91 Å². The third-order valence-electron chi connectivity index (χ3n) is 6.26. The first kappa shape index (κ1) is 29.9. The molecule has 1 aromatic carbocycles. The van der Waals surface area contributed by atoms with Gasteiger partial charge in [0.1, 0.15) is 11.7 Å². The second-order valence-electron chi connectivity index (χ2n) is 9.86. The van der Waals surface area contributed by atoms with E-state index in [1.165, 1.54) is 13.0 Å². The molecule has 1 aliphatic heterocycles. The van der Waals surface area contributed by atoms with Crippen LogP contribution in [0.4, 0.5) is 0 Å². The van der Waals surface area contributed by atoms with E-state index in [1.54, 1.807) is 12.1 Å². The van der Waals surface area contributed by atoms with E-state index in [2.05, 4.69) is 15.0 Å². The number of carbonyl (C=O) groups is 4. The number of carbonyl (C=O) groups excluding carboxylic acids is 4. The number of benzene rings is 1. The number of rotatable bonds is 11. The van der Waals surface area contributed by atoms with Gasteiger partial charge in [-0.25, -0.2) is 9.78 Å². The van der Waals surface area contributed by atoms with Crippen LogP contribution in [0.15, 0.2) is 48.5 Å². The molecule has 2 aromatic rings. The van der Waals surface area contributed by atoms with Crippen LogP contribution in [0.1, 0.15) is 44.1 Å². The number of aliphatic hydroxyl groups excluding tert-OH is 2. The summed E-state index contributed by atoms with van der Waals surface area (Å²) in [5, 5.41) is 22.9. The summed E-state index contributed by atoms with van der Waals surface area (Å²) in [4.78, 5) is 55.1. The number of amides is 1. The van der Waals surface area contributed by atoms with Gasteiger partial charge in [-0.1, -0.05) is 50.2 Å². The van der Waals surface area contributed by atoms with Gasteiger partial charge in [-0.15, -0.1) is 0 Å². The first-order chi connectivity index (χ1) is 18.5. The number of pyridine rings is 1. The average Bonchev–Trinajstić information content (AvgIpc) is 2.92. The smallest absolute Gasteiger partial charge is 0.507 e. The second-order valence-corrected chi connectivity index (χ2v) is 9.86. The zero-order chi connectivity index (χ0) is 28.7. The first-order valence-corrected chi connectivity index (χ1v) is 12.7. The molecule has 1 amide bonds. The van der Waals surface area contributed by atoms with Crippen molar-refractivity contribution in [3.05, 3.63) is 54.2 Å². The van der Waals surface area contributed by atoms with Crippen molar-refractivity contribution in [1.82, 2.24) is 10.3 Å². The van der Waals surface area contributed by atoms with Crippen LogP contribution in [0.3, 0.4) is 0 Å². The Hall–Kier alpha value is -3.61. The standard InChI is InChI=1S/C27H33BN2O9/c1-15(2)13-18(28-38-24(27(36)37-4)23(33)26(35)39-28)14-21(32)22(16(3)31)30-25(34)20-12-8-11-19(29-20)17-9-6-5-7-10-17/h5-12,15-16,18,22-24,31,33H,13-14H2,1-4H3,(H,30,34)/t16-,18-,22+,23-,24-/m1/s1. The van der Waals surface area contributed by atoms with E-state index in [1.807, 2.05) is 44.2 Å². The Morgan fingerprint density at radius 1 is 1.10 bits per heavy atom. The van der Waals surface area contributed by atoms with Crippen molar-refractivity contribution in [2.45, 2.75) is 63.8 Å². The number of aliphatic hydroxyl groups is 2. The van der Waals surface area contributed by atoms with E-state index in [0.29, 0.717) is 12.1 Å². The van der Waals surface area contributed by atoms with Crippen LogP contribution in [0.5, 0.6) is 0 Å². The zero-order valence-corrected chi connectivity index (χ0v) is 22.3. The van der Waals surface area contributed by atoms with Crippen LogP contribution in [-0.4, -0.2) is 77.4 Å². The van der Waals surface area contributed by atoms with Gasteiger partial charge < -0.3 is 29.6 Å². The van der Waals surface area contributed by atoms with Crippen molar-refractivity contribution in [3.63, 3.8) is 0 Å². The summed E-state index contributed by atoms with van der Waals surface area (Å²) in [7, 11) is -0.242. The number of ketones is 1. The number of esters is 1. The summed E-state index contributed by atoms with van der Waals surface area (Å²) < 4.78 is 15.4. The van der Waals surface area contributed by atoms with Crippen LogP contribution in [0, 0.1) is 5.92 Å². The van der Waals surface area contributed by atoms with Crippen LogP contribution in [0.2, 0.25) is 5.82 Å².